The number of thioether (sulfide) groups is 1. The van der Waals surface area contributed by atoms with E-state index in [-0.39, 0.29) is 11.7 Å². The molecule has 126 valence electrons. The first-order valence-corrected chi connectivity index (χ1v) is 8.80. The molecule has 1 N–H and O–H groups in total. The van der Waals surface area contributed by atoms with Crippen LogP contribution in [0.2, 0.25) is 0 Å². The molecule has 0 bridgehead atoms. The molecule has 0 radical (unpaired) electrons. The molecule has 1 heterocycles. The van der Waals surface area contributed by atoms with Crippen molar-refractivity contribution >= 4 is 23.4 Å². The molecular formula is C17H20N4O2S. The molecule has 1 amide bonds. The molecule has 1 fully saturated rings. The van der Waals surface area contributed by atoms with Gasteiger partial charge in [-0.1, -0.05) is 23.9 Å². The molecule has 24 heavy (non-hydrogen) atoms. The molecular weight excluding hydrogens is 324 g/mol. The van der Waals surface area contributed by atoms with E-state index in [1.54, 1.807) is 13.2 Å². The van der Waals surface area contributed by atoms with E-state index in [0.717, 1.165) is 23.8 Å². The zero-order chi connectivity index (χ0) is 16.9. The Kier molecular flexibility index (Phi) is 5.20. The third-order valence-electron chi connectivity index (χ3n) is 3.69. The highest BCUT2D eigenvalue weighted by atomic mass is 32.2. The van der Waals surface area contributed by atoms with Gasteiger partial charge >= 0.3 is 0 Å². The van der Waals surface area contributed by atoms with E-state index in [1.807, 2.05) is 28.8 Å². The lowest BCUT2D eigenvalue weighted by Gasteiger charge is -2.08. The van der Waals surface area contributed by atoms with Crippen LogP contribution in [0, 0.1) is 0 Å². The molecule has 1 saturated carbocycles. The quantitative estimate of drug-likeness (QED) is 0.589. The number of hydrogen-bond donors (Lipinski definition) is 1. The maximum absolute atomic E-state index is 12.2. The van der Waals surface area contributed by atoms with Crippen LogP contribution in [0.25, 0.3) is 0 Å². The van der Waals surface area contributed by atoms with Gasteiger partial charge in [-0.2, -0.15) is 0 Å². The van der Waals surface area contributed by atoms with Crippen LogP contribution in [0.1, 0.15) is 24.6 Å². The van der Waals surface area contributed by atoms with Crippen LogP contribution in [0.15, 0.2) is 42.1 Å². The van der Waals surface area contributed by atoms with Gasteiger partial charge in [0.1, 0.15) is 11.6 Å². The number of anilines is 1. The number of methoxy groups -OCH3 is 1. The lowest BCUT2D eigenvalue weighted by Crippen LogP contribution is -2.14. The van der Waals surface area contributed by atoms with Gasteiger partial charge in [-0.05, 0) is 25.0 Å². The van der Waals surface area contributed by atoms with Crippen LogP contribution in [-0.2, 0) is 11.3 Å². The van der Waals surface area contributed by atoms with Gasteiger partial charge in [-0.25, -0.2) is 0 Å². The van der Waals surface area contributed by atoms with Gasteiger partial charge in [0.15, 0.2) is 5.16 Å². The first-order valence-electron chi connectivity index (χ1n) is 7.82. The zero-order valence-electron chi connectivity index (χ0n) is 13.6. The highest BCUT2D eigenvalue weighted by Crippen LogP contribution is 2.40. The Hall–Kier alpha value is -2.28. The number of amides is 1. The van der Waals surface area contributed by atoms with E-state index in [0.29, 0.717) is 23.9 Å². The Labute approximate surface area is 145 Å². The SMILES string of the molecule is C=CCn1c(SCC(=O)Nc2cccc(OC)c2)nnc1C1CC1. The van der Waals surface area contributed by atoms with Crippen molar-refractivity contribution in [3.8, 4) is 5.75 Å². The molecule has 0 unspecified atom stereocenters. The summed E-state index contributed by atoms with van der Waals surface area (Å²) in [6, 6.07) is 7.29. The summed E-state index contributed by atoms with van der Waals surface area (Å²) in [7, 11) is 1.60. The van der Waals surface area contributed by atoms with Gasteiger partial charge < -0.3 is 14.6 Å². The summed E-state index contributed by atoms with van der Waals surface area (Å²) in [5.74, 6) is 2.41. The maximum atomic E-state index is 12.2. The van der Waals surface area contributed by atoms with E-state index in [4.69, 9.17) is 4.74 Å². The van der Waals surface area contributed by atoms with E-state index < -0.39 is 0 Å². The number of hydrogen-bond acceptors (Lipinski definition) is 5. The van der Waals surface area contributed by atoms with Gasteiger partial charge in [0.25, 0.3) is 0 Å². The molecule has 1 aromatic carbocycles. The van der Waals surface area contributed by atoms with Gasteiger partial charge in [-0.15, -0.1) is 16.8 Å². The number of benzene rings is 1. The topological polar surface area (TPSA) is 69.0 Å². The van der Waals surface area contributed by atoms with Crippen LogP contribution in [0.3, 0.4) is 0 Å². The van der Waals surface area contributed by atoms with Crippen molar-refractivity contribution in [2.45, 2.75) is 30.5 Å². The lowest BCUT2D eigenvalue weighted by atomic mass is 10.3. The Morgan fingerprint density at radius 1 is 1.50 bits per heavy atom. The predicted molar refractivity (Wildman–Crippen MR) is 94.5 cm³/mol. The summed E-state index contributed by atoms with van der Waals surface area (Å²) in [6.45, 7) is 4.45. The Morgan fingerprint density at radius 2 is 2.33 bits per heavy atom. The number of ether oxygens (including phenoxy) is 1. The third-order valence-corrected chi connectivity index (χ3v) is 4.65. The van der Waals surface area contributed by atoms with Gasteiger partial charge in [0, 0.05) is 24.2 Å². The lowest BCUT2D eigenvalue weighted by molar-refractivity contribution is -0.113. The number of carbonyl (C=O) groups is 1. The first kappa shape index (κ1) is 16.6. The van der Waals surface area contributed by atoms with Crippen LogP contribution in [0.5, 0.6) is 5.75 Å². The smallest absolute Gasteiger partial charge is 0.234 e. The minimum Gasteiger partial charge on any atom is -0.497 e. The highest BCUT2D eigenvalue weighted by molar-refractivity contribution is 7.99. The second-order valence-electron chi connectivity index (χ2n) is 5.58. The molecule has 0 spiro atoms. The number of rotatable bonds is 8. The first-order chi connectivity index (χ1) is 11.7. The minimum absolute atomic E-state index is 0.0885. The summed E-state index contributed by atoms with van der Waals surface area (Å²) in [5.41, 5.74) is 0.714. The average Bonchev–Trinajstić information content (AvgIpc) is 3.36. The summed E-state index contributed by atoms with van der Waals surface area (Å²) in [5, 5.41) is 12.1. The van der Waals surface area contributed by atoms with E-state index in [2.05, 4.69) is 22.1 Å². The molecule has 1 aromatic heterocycles. The largest absolute Gasteiger partial charge is 0.497 e. The molecule has 1 aliphatic carbocycles. The predicted octanol–water partition coefficient (Wildman–Crippen LogP) is 3.08. The van der Waals surface area contributed by atoms with Crippen molar-refractivity contribution < 1.29 is 9.53 Å². The summed E-state index contributed by atoms with van der Waals surface area (Å²) in [6.07, 6.45) is 4.15. The van der Waals surface area contributed by atoms with E-state index in [9.17, 15) is 4.79 Å². The molecule has 6 nitrogen and oxygen atoms in total. The van der Waals surface area contributed by atoms with Crippen molar-refractivity contribution in [3.05, 3.63) is 42.7 Å². The van der Waals surface area contributed by atoms with Crippen LogP contribution < -0.4 is 10.1 Å². The molecule has 0 atom stereocenters. The molecule has 7 heteroatoms. The van der Waals surface area contributed by atoms with E-state index >= 15 is 0 Å². The van der Waals surface area contributed by atoms with Gasteiger partial charge in [0.2, 0.25) is 5.91 Å². The molecule has 2 aromatic rings. The second-order valence-corrected chi connectivity index (χ2v) is 6.53. The monoisotopic (exact) mass is 344 g/mol. The highest BCUT2D eigenvalue weighted by Gasteiger charge is 2.30. The third kappa shape index (κ3) is 3.97. The van der Waals surface area contributed by atoms with Gasteiger partial charge in [0.05, 0.1) is 12.9 Å². The van der Waals surface area contributed by atoms with Crippen molar-refractivity contribution in [3.63, 3.8) is 0 Å². The van der Waals surface area contributed by atoms with Gasteiger partial charge in [-0.3, -0.25) is 4.79 Å². The van der Waals surface area contributed by atoms with Crippen molar-refractivity contribution in [1.82, 2.24) is 14.8 Å². The molecule has 1 aliphatic rings. The summed E-state index contributed by atoms with van der Waals surface area (Å²) in [4.78, 5) is 12.2. The number of carbonyl (C=O) groups excluding carboxylic acids is 1. The summed E-state index contributed by atoms with van der Waals surface area (Å²) < 4.78 is 7.20. The second kappa shape index (κ2) is 7.53. The molecule has 0 aliphatic heterocycles. The normalized spacial score (nSPS) is 13.5. The van der Waals surface area contributed by atoms with Crippen molar-refractivity contribution in [2.75, 3.05) is 18.2 Å². The zero-order valence-corrected chi connectivity index (χ0v) is 14.4. The maximum Gasteiger partial charge on any atom is 0.234 e. The van der Waals surface area contributed by atoms with Crippen LogP contribution in [-0.4, -0.2) is 33.5 Å². The fourth-order valence-corrected chi connectivity index (χ4v) is 3.13. The standard InChI is InChI=1S/C17H20N4O2S/c1-3-9-21-16(12-7-8-12)19-20-17(21)24-11-15(22)18-13-5-4-6-14(10-13)23-2/h3-6,10,12H,1,7-9,11H2,2H3,(H,18,22). The number of nitrogens with one attached hydrogen (secondary N) is 1. The number of aromatic nitrogens is 3. The number of nitrogens with zero attached hydrogens (tertiary/aromatic N) is 3. The van der Waals surface area contributed by atoms with Crippen molar-refractivity contribution in [1.29, 1.82) is 0 Å². The summed E-state index contributed by atoms with van der Waals surface area (Å²) >= 11 is 1.39. The fraction of sp³-hybridized carbons (Fsp3) is 0.353. The molecule has 0 saturated heterocycles. The average molecular weight is 344 g/mol. The molecule has 3 rings (SSSR count). The minimum atomic E-state index is -0.0885. The Morgan fingerprint density at radius 3 is 3.04 bits per heavy atom. The van der Waals surface area contributed by atoms with Crippen LogP contribution in [0.4, 0.5) is 5.69 Å². The Bertz CT molecular complexity index is 740. The number of allylic oxidation sites excluding steroid dienone is 1. The fourth-order valence-electron chi connectivity index (χ4n) is 2.38. The Balaban J connectivity index is 1.60. The van der Waals surface area contributed by atoms with Crippen molar-refractivity contribution in [2.24, 2.45) is 0 Å². The van der Waals surface area contributed by atoms with E-state index in [1.165, 1.54) is 11.8 Å². The van der Waals surface area contributed by atoms with Crippen LogP contribution >= 0.6 is 11.8 Å².